The maximum Gasteiger partial charge on any atom is 0.226 e. The Kier molecular flexibility index (Phi) is 6.77. The molecule has 0 spiro atoms. The molecule has 1 saturated heterocycles. The van der Waals surface area contributed by atoms with Gasteiger partial charge in [0.1, 0.15) is 11.6 Å². The molecule has 0 aliphatic carbocycles. The van der Waals surface area contributed by atoms with E-state index in [4.69, 9.17) is 21.6 Å². The first-order valence-corrected chi connectivity index (χ1v) is 11.6. The standard InChI is InChI=1S/C24H32ClN5O/c1-16(13-17-5-4-6-19(25)14-17)24(31)30-12-9-20-21(15-30)27-22(28-23(20)26-2)18-7-10-29(3)11-8-18/h4-6,14,16,18H,7-13,15H2,1-3H3,(H,26,27,28)/t16-/m1/s1. The third-order valence-electron chi connectivity index (χ3n) is 6.57. The number of nitrogens with zero attached hydrogens (tertiary/aromatic N) is 4. The zero-order chi connectivity index (χ0) is 22.0. The summed E-state index contributed by atoms with van der Waals surface area (Å²) in [5.41, 5.74) is 3.25. The molecule has 166 valence electrons. The van der Waals surface area contributed by atoms with Gasteiger partial charge < -0.3 is 15.1 Å². The van der Waals surface area contributed by atoms with E-state index < -0.39 is 0 Å². The molecular weight excluding hydrogens is 410 g/mol. The highest BCUT2D eigenvalue weighted by atomic mass is 35.5. The number of carbonyl (C=O) groups is 1. The van der Waals surface area contributed by atoms with Gasteiger partial charge in [-0.2, -0.15) is 0 Å². The van der Waals surface area contributed by atoms with E-state index in [1.165, 1.54) is 0 Å². The van der Waals surface area contributed by atoms with Gasteiger partial charge in [0.15, 0.2) is 0 Å². The minimum absolute atomic E-state index is 0.0982. The quantitative estimate of drug-likeness (QED) is 0.765. The fraction of sp³-hybridized carbons (Fsp3) is 0.542. The van der Waals surface area contributed by atoms with Crippen LogP contribution < -0.4 is 5.32 Å². The number of carbonyl (C=O) groups excluding carboxylic acids is 1. The van der Waals surface area contributed by atoms with Crippen molar-refractivity contribution in [1.82, 2.24) is 19.8 Å². The Labute approximate surface area is 190 Å². The number of anilines is 1. The number of halogens is 1. The molecule has 0 bridgehead atoms. The zero-order valence-electron chi connectivity index (χ0n) is 18.7. The van der Waals surface area contributed by atoms with Crippen molar-refractivity contribution in [3.05, 3.63) is 51.9 Å². The SMILES string of the molecule is CNc1nc(C2CCN(C)CC2)nc2c1CCN(C(=O)[C@H](C)Cc1cccc(Cl)c1)C2. The molecule has 2 aromatic rings. The number of amides is 1. The molecule has 4 rings (SSSR count). The van der Waals surface area contributed by atoms with Crippen LogP contribution in [0.2, 0.25) is 5.02 Å². The monoisotopic (exact) mass is 441 g/mol. The van der Waals surface area contributed by atoms with Crippen molar-refractivity contribution in [2.24, 2.45) is 5.92 Å². The summed E-state index contributed by atoms with van der Waals surface area (Å²) in [5.74, 6) is 2.33. The van der Waals surface area contributed by atoms with Gasteiger partial charge in [-0.25, -0.2) is 9.97 Å². The molecule has 1 N–H and O–H groups in total. The van der Waals surface area contributed by atoms with Crippen molar-refractivity contribution in [3.8, 4) is 0 Å². The highest BCUT2D eigenvalue weighted by Crippen LogP contribution is 2.30. The number of hydrogen-bond donors (Lipinski definition) is 1. The molecule has 1 atom stereocenters. The Balaban J connectivity index is 1.50. The zero-order valence-corrected chi connectivity index (χ0v) is 19.5. The van der Waals surface area contributed by atoms with E-state index in [2.05, 4.69) is 17.3 Å². The number of rotatable bonds is 5. The summed E-state index contributed by atoms with van der Waals surface area (Å²) >= 11 is 6.11. The van der Waals surface area contributed by atoms with Crippen LogP contribution in [0, 0.1) is 5.92 Å². The smallest absolute Gasteiger partial charge is 0.226 e. The molecular formula is C24H32ClN5O. The van der Waals surface area contributed by atoms with Gasteiger partial charge in [0.25, 0.3) is 0 Å². The van der Waals surface area contributed by atoms with Crippen molar-refractivity contribution in [2.45, 2.75) is 45.1 Å². The Morgan fingerprint density at radius 2 is 2.03 bits per heavy atom. The van der Waals surface area contributed by atoms with Crippen LogP contribution >= 0.6 is 11.6 Å². The Bertz CT molecular complexity index is 942. The second-order valence-corrected chi connectivity index (χ2v) is 9.36. The van der Waals surface area contributed by atoms with E-state index in [1.807, 2.05) is 43.1 Å². The van der Waals surface area contributed by atoms with Crippen LogP contribution in [-0.2, 0) is 24.2 Å². The molecule has 2 aliphatic heterocycles. The number of likely N-dealkylation sites (tertiary alicyclic amines) is 1. The van der Waals surface area contributed by atoms with Crippen LogP contribution in [0.5, 0.6) is 0 Å². The average molecular weight is 442 g/mol. The van der Waals surface area contributed by atoms with Crippen LogP contribution in [0.4, 0.5) is 5.82 Å². The van der Waals surface area contributed by atoms with Crippen molar-refractivity contribution in [2.75, 3.05) is 39.0 Å². The van der Waals surface area contributed by atoms with E-state index >= 15 is 0 Å². The lowest BCUT2D eigenvalue weighted by Crippen LogP contribution is -2.40. The third kappa shape index (κ3) is 5.01. The first-order chi connectivity index (χ1) is 14.9. The fourth-order valence-corrected chi connectivity index (χ4v) is 4.92. The first kappa shape index (κ1) is 22.0. The van der Waals surface area contributed by atoms with Crippen LogP contribution in [-0.4, -0.2) is 59.4 Å². The van der Waals surface area contributed by atoms with Gasteiger partial charge in [-0.15, -0.1) is 0 Å². The molecule has 1 aromatic carbocycles. The molecule has 0 unspecified atom stereocenters. The highest BCUT2D eigenvalue weighted by Gasteiger charge is 2.29. The average Bonchev–Trinajstić information content (AvgIpc) is 2.77. The maximum atomic E-state index is 13.2. The summed E-state index contributed by atoms with van der Waals surface area (Å²) in [5, 5.41) is 3.98. The minimum atomic E-state index is -0.0982. The lowest BCUT2D eigenvalue weighted by molar-refractivity contribution is -0.136. The van der Waals surface area contributed by atoms with E-state index in [0.29, 0.717) is 30.5 Å². The van der Waals surface area contributed by atoms with E-state index in [0.717, 1.165) is 60.8 Å². The van der Waals surface area contributed by atoms with Gasteiger partial charge >= 0.3 is 0 Å². The normalized spacial score (nSPS) is 18.5. The molecule has 1 fully saturated rings. The lowest BCUT2D eigenvalue weighted by atomic mass is 9.95. The van der Waals surface area contributed by atoms with Crippen molar-refractivity contribution < 1.29 is 4.79 Å². The van der Waals surface area contributed by atoms with Crippen molar-refractivity contribution >= 4 is 23.3 Å². The van der Waals surface area contributed by atoms with Crippen molar-refractivity contribution in [1.29, 1.82) is 0 Å². The highest BCUT2D eigenvalue weighted by molar-refractivity contribution is 6.30. The number of fused-ring (bicyclic) bond motifs is 1. The van der Waals surface area contributed by atoms with E-state index in [-0.39, 0.29) is 11.8 Å². The summed E-state index contributed by atoms with van der Waals surface area (Å²) < 4.78 is 0. The van der Waals surface area contributed by atoms with Gasteiger partial charge in [0.2, 0.25) is 5.91 Å². The molecule has 3 heterocycles. The number of piperidine rings is 1. The molecule has 6 nitrogen and oxygen atoms in total. The fourth-order valence-electron chi connectivity index (χ4n) is 4.71. The molecule has 0 radical (unpaired) electrons. The van der Waals surface area contributed by atoms with Crippen LogP contribution in [0.3, 0.4) is 0 Å². The van der Waals surface area contributed by atoms with Gasteiger partial charge in [-0.3, -0.25) is 4.79 Å². The Morgan fingerprint density at radius 1 is 1.26 bits per heavy atom. The van der Waals surface area contributed by atoms with Crippen LogP contribution in [0.15, 0.2) is 24.3 Å². The number of benzene rings is 1. The molecule has 1 aromatic heterocycles. The van der Waals surface area contributed by atoms with Gasteiger partial charge in [-0.05, 0) is 63.5 Å². The Morgan fingerprint density at radius 3 is 2.74 bits per heavy atom. The van der Waals surface area contributed by atoms with Crippen LogP contribution in [0.1, 0.15) is 48.3 Å². The van der Waals surface area contributed by atoms with Gasteiger partial charge in [-0.1, -0.05) is 30.7 Å². The largest absolute Gasteiger partial charge is 0.373 e. The first-order valence-electron chi connectivity index (χ1n) is 11.2. The second kappa shape index (κ2) is 9.53. The Hall–Kier alpha value is -2.18. The minimum Gasteiger partial charge on any atom is -0.373 e. The van der Waals surface area contributed by atoms with Crippen molar-refractivity contribution in [3.63, 3.8) is 0 Å². The topological polar surface area (TPSA) is 61.4 Å². The van der Waals surface area contributed by atoms with Gasteiger partial charge in [0, 0.05) is 36.0 Å². The number of aromatic nitrogens is 2. The summed E-state index contributed by atoms with van der Waals surface area (Å²) in [7, 11) is 4.09. The summed E-state index contributed by atoms with van der Waals surface area (Å²) in [6, 6.07) is 7.77. The molecule has 0 saturated carbocycles. The van der Waals surface area contributed by atoms with E-state index in [1.54, 1.807) is 0 Å². The summed E-state index contributed by atoms with van der Waals surface area (Å²) in [6.07, 6.45) is 3.64. The third-order valence-corrected chi connectivity index (χ3v) is 6.80. The molecule has 31 heavy (non-hydrogen) atoms. The van der Waals surface area contributed by atoms with E-state index in [9.17, 15) is 4.79 Å². The predicted octanol–water partition coefficient (Wildman–Crippen LogP) is 3.74. The second-order valence-electron chi connectivity index (χ2n) is 8.93. The molecule has 1 amide bonds. The predicted molar refractivity (Wildman–Crippen MR) is 124 cm³/mol. The summed E-state index contributed by atoms with van der Waals surface area (Å²) in [4.78, 5) is 27.4. The molecule has 7 heteroatoms. The number of hydrogen-bond acceptors (Lipinski definition) is 5. The lowest BCUT2D eigenvalue weighted by Gasteiger charge is -2.33. The summed E-state index contributed by atoms with van der Waals surface area (Å²) in [6.45, 7) is 5.42. The number of nitrogens with one attached hydrogen (secondary N) is 1. The van der Waals surface area contributed by atoms with Gasteiger partial charge in [0.05, 0.1) is 12.2 Å². The maximum absolute atomic E-state index is 13.2. The molecule has 2 aliphatic rings. The van der Waals surface area contributed by atoms with Crippen LogP contribution in [0.25, 0.3) is 0 Å².